The van der Waals surface area contributed by atoms with E-state index in [1.165, 1.54) is 12.1 Å². The van der Waals surface area contributed by atoms with Gasteiger partial charge in [0.25, 0.3) is 5.91 Å². The minimum Gasteiger partial charge on any atom is -0.507 e. The normalized spacial score (nSPS) is 12.9. The van der Waals surface area contributed by atoms with Gasteiger partial charge >= 0.3 is 5.97 Å². The van der Waals surface area contributed by atoms with E-state index < -0.39 is 24.0 Å². The van der Waals surface area contributed by atoms with Crippen LogP contribution in [0.4, 0.5) is 0 Å². The van der Waals surface area contributed by atoms with Crippen molar-refractivity contribution < 1.29 is 24.5 Å². The predicted octanol–water partition coefficient (Wildman–Crippen LogP) is 1.79. The van der Waals surface area contributed by atoms with E-state index in [9.17, 15) is 19.8 Å². The molecular weight excluding hydrogens is 310 g/mol. The summed E-state index contributed by atoms with van der Waals surface area (Å²) in [7, 11) is 0. The maximum atomic E-state index is 12.3. The number of carbonyl (C=O) groups excluding carboxylic acids is 2. The molecule has 0 spiro atoms. The maximum absolute atomic E-state index is 12.3. The Morgan fingerprint density at radius 3 is 2.33 bits per heavy atom. The van der Waals surface area contributed by atoms with E-state index in [4.69, 9.17) is 4.74 Å². The second kappa shape index (κ2) is 8.12. The molecule has 6 heteroatoms. The number of amides is 1. The van der Waals surface area contributed by atoms with Gasteiger partial charge < -0.3 is 20.3 Å². The molecule has 126 valence electrons. The number of aliphatic hydroxyl groups excluding tert-OH is 1. The van der Waals surface area contributed by atoms with Crippen molar-refractivity contribution >= 4 is 11.9 Å². The van der Waals surface area contributed by atoms with Crippen LogP contribution in [-0.2, 0) is 9.53 Å². The third-order valence-electron chi connectivity index (χ3n) is 3.43. The number of nitrogens with one attached hydrogen (secondary N) is 1. The lowest BCUT2D eigenvalue weighted by molar-refractivity contribution is -0.148. The lowest BCUT2D eigenvalue weighted by Gasteiger charge is -2.23. The van der Waals surface area contributed by atoms with Crippen molar-refractivity contribution in [2.75, 3.05) is 6.61 Å². The summed E-state index contributed by atoms with van der Waals surface area (Å²) >= 11 is 0. The van der Waals surface area contributed by atoms with Crippen molar-refractivity contribution in [1.82, 2.24) is 5.32 Å². The Bertz CT molecular complexity index is 702. The van der Waals surface area contributed by atoms with Crippen LogP contribution in [0.5, 0.6) is 5.75 Å². The van der Waals surface area contributed by atoms with Crippen LogP contribution in [0.1, 0.15) is 28.9 Å². The minimum absolute atomic E-state index is 0.00654. The number of esters is 1. The van der Waals surface area contributed by atoms with Crippen molar-refractivity contribution in [3.8, 4) is 5.75 Å². The van der Waals surface area contributed by atoms with Gasteiger partial charge in [-0.2, -0.15) is 0 Å². The number of rotatable bonds is 6. The van der Waals surface area contributed by atoms with E-state index >= 15 is 0 Å². The van der Waals surface area contributed by atoms with E-state index in [-0.39, 0.29) is 17.9 Å². The predicted molar refractivity (Wildman–Crippen MR) is 87.4 cm³/mol. The number of carbonyl (C=O) groups is 2. The lowest BCUT2D eigenvalue weighted by Crippen LogP contribution is -2.46. The summed E-state index contributed by atoms with van der Waals surface area (Å²) in [6.45, 7) is 1.75. The molecule has 0 bridgehead atoms. The zero-order valence-electron chi connectivity index (χ0n) is 13.2. The van der Waals surface area contributed by atoms with Crippen molar-refractivity contribution in [3.05, 3.63) is 65.7 Å². The van der Waals surface area contributed by atoms with Gasteiger partial charge in [0, 0.05) is 0 Å². The van der Waals surface area contributed by atoms with Gasteiger partial charge in [0.15, 0.2) is 6.04 Å². The highest BCUT2D eigenvalue weighted by Crippen LogP contribution is 2.20. The molecule has 0 aliphatic carbocycles. The Balaban J connectivity index is 2.25. The second-order valence-electron chi connectivity index (χ2n) is 5.08. The molecule has 2 aromatic rings. The summed E-state index contributed by atoms with van der Waals surface area (Å²) in [5.74, 6) is -1.65. The third-order valence-corrected chi connectivity index (χ3v) is 3.43. The van der Waals surface area contributed by atoms with Gasteiger partial charge in [-0.05, 0) is 24.6 Å². The van der Waals surface area contributed by atoms with Crippen LogP contribution in [0.25, 0.3) is 0 Å². The molecule has 0 radical (unpaired) electrons. The van der Waals surface area contributed by atoms with Gasteiger partial charge in [-0.25, -0.2) is 4.79 Å². The van der Waals surface area contributed by atoms with Gasteiger partial charge in [-0.15, -0.1) is 0 Å². The van der Waals surface area contributed by atoms with Crippen molar-refractivity contribution in [2.45, 2.75) is 19.1 Å². The molecule has 2 unspecified atom stereocenters. The monoisotopic (exact) mass is 329 g/mol. The first kappa shape index (κ1) is 17.5. The van der Waals surface area contributed by atoms with Gasteiger partial charge in [-0.1, -0.05) is 42.5 Å². The summed E-state index contributed by atoms with van der Waals surface area (Å²) < 4.78 is 4.94. The van der Waals surface area contributed by atoms with Gasteiger partial charge in [0.1, 0.15) is 11.9 Å². The quantitative estimate of drug-likeness (QED) is 0.702. The topological polar surface area (TPSA) is 95.9 Å². The van der Waals surface area contributed by atoms with Crippen LogP contribution in [0.3, 0.4) is 0 Å². The van der Waals surface area contributed by atoms with Crippen molar-refractivity contribution in [3.63, 3.8) is 0 Å². The summed E-state index contributed by atoms with van der Waals surface area (Å²) in [6.07, 6.45) is -1.28. The number of hydrogen-bond acceptors (Lipinski definition) is 5. The van der Waals surface area contributed by atoms with Crippen LogP contribution >= 0.6 is 0 Å². The number of hydrogen-bond donors (Lipinski definition) is 3. The Kier molecular flexibility index (Phi) is 5.92. The van der Waals surface area contributed by atoms with Gasteiger partial charge in [0.2, 0.25) is 0 Å². The highest BCUT2D eigenvalue weighted by atomic mass is 16.5. The summed E-state index contributed by atoms with van der Waals surface area (Å²) in [4.78, 5) is 24.5. The fourth-order valence-electron chi connectivity index (χ4n) is 2.23. The number of benzene rings is 2. The molecule has 2 atom stereocenters. The molecule has 0 aliphatic rings. The molecule has 2 aromatic carbocycles. The zero-order chi connectivity index (χ0) is 17.5. The van der Waals surface area contributed by atoms with Crippen LogP contribution in [0.2, 0.25) is 0 Å². The smallest absolute Gasteiger partial charge is 0.331 e. The number of phenolic OH excluding ortho intramolecular Hbond substituents is 1. The molecule has 6 nitrogen and oxygen atoms in total. The van der Waals surface area contributed by atoms with E-state index in [2.05, 4.69) is 5.32 Å². The van der Waals surface area contributed by atoms with Crippen LogP contribution in [0.15, 0.2) is 54.6 Å². The molecule has 24 heavy (non-hydrogen) atoms. The average molecular weight is 329 g/mol. The van der Waals surface area contributed by atoms with Gasteiger partial charge in [-0.3, -0.25) is 4.79 Å². The average Bonchev–Trinajstić information content (AvgIpc) is 2.60. The fourth-order valence-corrected chi connectivity index (χ4v) is 2.23. The minimum atomic E-state index is -1.29. The van der Waals surface area contributed by atoms with Crippen LogP contribution in [0, 0.1) is 0 Å². The Labute approximate surface area is 139 Å². The second-order valence-corrected chi connectivity index (χ2v) is 5.08. The zero-order valence-corrected chi connectivity index (χ0v) is 13.2. The largest absolute Gasteiger partial charge is 0.507 e. The fraction of sp³-hybridized carbons (Fsp3) is 0.222. The highest BCUT2D eigenvalue weighted by molar-refractivity contribution is 5.99. The van der Waals surface area contributed by atoms with E-state index in [0.717, 1.165) is 0 Å². The molecule has 2 rings (SSSR count). The Hall–Kier alpha value is -2.86. The lowest BCUT2D eigenvalue weighted by atomic mass is 10.0. The van der Waals surface area contributed by atoms with Gasteiger partial charge in [0.05, 0.1) is 12.2 Å². The molecule has 0 aromatic heterocycles. The first-order valence-corrected chi connectivity index (χ1v) is 7.53. The highest BCUT2D eigenvalue weighted by Gasteiger charge is 2.31. The van der Waals surface area contributed by atoms with E-state index in [1.807, 2.05) is 0 Å². The standard InChI is InChI=1S/C18H19NO5/c1-2-24-18(23)15(16(21)12-8-4-3-5-9-12)19-17(22)13-10-6-7-11-14(13)20/h3-11,15-16,20-21H,2H2,1H3,(H,19,22). The van der Waals surface area contributed by atoms with E-state index in [1.54, 1.807) is 49.4 Å². The van der Waals surface area contributed by atoms with E-state index in [0.29, 0.717) is 5.56 Å². The van der Waals surface area contributed by atoms with Crippen LogP contribution < -0.4 is 5.32 Å². The summed E-state index contributed by atoms with van der Waals surface area (Å²) in [5.41, 5.74) is 0.472. The number of ether oxygens (including phenoxy) is 1. The SMILES string of the molecule is CCOC(=O)C(NC(=O)c1ccccc1O)C(O)c1ccccc1. The third kappa shape index (κ3) is 4.11. The molecule has 1 amide bonds. The molecule has 0 heterocycles. The summed E-state index contributed by atoms with van der Waals surface area (Å²) in [5, 5.41) is 22.6. The Morgan fingerprint density at radius 1 is 1.08 bits per heavy atom. The number of aromatic hydroxyl groups is 1. The van der Waals surface area contributed by atoms with Crippen molar-refractivity contribution in [2.24, 2.45) is 0 Å². The number of phenols is 1. The molecular formula is C18H19NO5. The molecule has 0 fully saturated rings. The number of aliphatic hydroxyl groups is 1. The number of para-hydroxylation sites is 1. The van der Waals surface area contributed by atoms with Crippen molar-refractivity contribution in [1.29, 1.82) is 0 Å². The first-order valence-electron chi connectivity index (χ1n) is 7.53. The van der Waals surface area contributed by atoms with Crippen LogP contribution in [-0.4, -0.2) is 34.7 Å². The molecule has 0 aliphatic heterocycles. The summed E-state index contributed by atoms with van der Waals surface area (Å²) in [6, 6.07) is 13.1. The Morgan fingerprint density at radius 2 is 1.71 bits per heavy atom. The molecule has 3 N–H and O–H groups in total. The first-order chi connectivity index (χ1) is 11.5. The maximum Gasteiger partial charge on any atom is 0.331 e. The molecule has 0 saturated heterocycles. The molecule has 0 saturated carbocycles.